The fourth-order valence-electron chi connectivity index (χ4n) is 3.42. The Morgan fingerprint density at radius 3 is 2.67 bits per heavy atom. The Morgan fingerprint density at radius 2 is 1.91 bits per heavy atom. The van der Waals surface area contributed by atoms with Crippen molar-refractivity contribution in [2.75, 3.05) is 11.1 Å². The number of rotatable bonds is 6. The molecule has 2 aromatic carbocycles. The molecule has 0 bridgehead atoms. The third-order valence-electron chi connectivity index (χ3n) is 4.99. The van der Waals surface area contributed by atoms with Gasteiger partial charge in [0, 0.05) is 10.9 Å². The molecule has 5 aromatic rings. The smallest absolute Gasteiger partial charge is 0.267 e. The summed E-state index contributed by atoms with van der Waals surface area (Å²) in [7, 11) is 0. The second kappa shape index (κ2) is 9.05. The van der Waals surface area contributed by atoms with Crippen LogP contribution in [0.1, 0.15) is 5.56 Å². The maximum atomic E-state index is 13.6. The third-order valence-corrected chi connectivity index (χ3v) is 7.00. The largest absolute Gasteiger partial charge is 0.363 e. The zero-order valence-corrected chi connectivity index (χ0v) is 19.2. The highest BCUT2D eigenvalue weighted by molar-refractivity contribution is 7.99. The van der Waals surface area contributed by atoms with Gasteiger partial charge in [-0.1, -0.05) is 65.4 Å². The van der Waals surface area contributed by atoms with Crippen LogP contribution in [0, 0.1) is 6.92 Å². The number of hydrogen-bond acceptors (Lipinski definition) is 7. The number of para-hydroxylation sites is 1. The van der Waals surface area contributed by atoms with Crippen LogP contribution in [-0.4, -0.2) is 26.4 Å². The number of hydrogen-bond donors (Lipinski definition) is 1. The van der Waals surface area contributed by atoms with Crippen LogP contribution in [-0.2, 0) is 4.79 Å². The van der Waals surface area contributed by atoms with Gasteiger partial charge in [-0.15, -0.1) is 11.3 Å². The number of carbonyl (C=O) groups is 1. The molecular formula is C24H18N4O3S2. The van der Waals surface area contributed by atoms with E-state index < -0.39 is 0 Å². The van der Waals surface area contributed by atoms with Crippen LogP contribution in [0.3, 0.4) is 0 Å². The van der Waals surface area contributed by atoms with Gasteiger partial charge in [0.2, 0.25) is 5.91 Å². The first-order chi connectivity index (χ1) is 16.1. The van der Waals surface area contributed by atoms with Crippen molar-refractivity contribution in [3.8, 4) is 16.1 Å². The number of anilines is 1. The zero-order valence-electron chi connectivity index (χ0n) is 17.5. The quantitative estimate of drug-likeness (QED) is 0.271. The summed E-state index contributed by atoms with van der Waals surface area (Å²) in [6, 6.07) is 21.0. The normalized spacial score (nSPS) is 11.1. The van der Waals surface area contributed by atoms with Gasteiger partial charge >= 0.3 is 0 Å². The number of benzene rings is 2. The number of carbonyl (C=O) groups excluding carboxylic acids is 1. The Balaban J connectivity index is 1.58. The summed E-state index contributed by atoms with van der Waals surface area (Å²) in [5.74, 6) is 0.134. The van der Waals surface area contributed by atoms with Crippen molar-refractivity contribution in [1.29, 1.82) is 0 Å². The Bertz CT molecular complexity index is 1490. The van der Waals surface area contributed by atoms with E-state index in [1.165, 1.54) is 29.4 Å². The monoisotopic (exact) mass is 474 g/mol. The summed E-state index contributed by atoms with van der Waals surface area (Å²) in [5, 5.41) is 7.36. The van der Waals surface area contributed by atoms with E-state index in [2.05, 4.69) is 10.5 Å². The summed E-state index contributed by atoms with van der Waals surface area (Å²) in [6.07, 6.45) is 1.38. The van der Waals surface area contributed by atoms with Gasteiger partial charge in [-0.25, -0.2) is 4.98 Å². The third kappa shape index (κ3) is 4.33. The summed E-state index contributed by atoms with van der Waals surface area (Å²) in [4.78, 5) is 32.5. The average Bonchev–Trinajstić information content (AvgIpc) is 3.49. The fourth-order valence-corrected chi connectivity index (χ4v) is 5.30. The van der Waals surface area contributed by atoms with E-state index >= 15 is 0 Å². The van der Waals surface area contributed by atoms with Crippen molar-refractivity contribution < 1.29 is 9.32 Å². The first-order valence-corrected chi connectivity index (χ1v) is 11.9. The Kier molecular flexibility index (Phi) is 5.80. The number of thioether (sulfide) groups is 1. The van der Waals surface area contributed by atoms with E-state index in [1.54, 1.807) is 10.6 Å². The highest BCUT2D eigenvalue weighted by Crippen LogP contribution is 2.33. The van der Waals surface area contributed by atoms with Crippen LogP contribution >= 0.6 is 23.1 Å². The van der Waals surface area contributed by atoms with Gasteiger partial charge in [-0.2, -0.15) is 0 Å². The van der Waals surface area contributed by atoms with E-state index in [1.807, 2.05) is 67.6 Å². The molecule has 0 aliphatic heterocycles. The molecule has 0 unspecified atom stereocenters. The Hall–Kier alpha value is -3.69. The van der Waals surface area contributed by atoms with Crippen LogP contribution in [0.5, 0.6) is 0 Å². The first kappa shape index (κ1) is 21.2. The fraction of sp³-hybridized carbons (Fsp3) is 0.0833. The number of nitrogens with zero attached hydrogens (tertiary/aromatic N) is 3. The molecule has 0 saturated heterocycles. The SMILES string of the molecule is Cc1ccccc1-n1c(SCC(=O)Nc2ccon2)nc2sc(-c3ccccc3)cc2c1=O. The molecule has 0 aliphatic rings. The van der Waals surface area contributed by atoms with E-state index in [0.717, 1.165) is 21.7 Å². The summed E-state index contributed by atoms with van der Waals surface area (Å²) in [5.41, 5.74) is 2.55. The van der Waals surface area contributed by atoms with Gasteiger partial charge in [-0.3, -0.25) is 14.2 Å². The molecule has 0 atom stereocenters. The van der Waals surface area contributed by atoms with Crippen LogP contribution in [0.25, 0.3) is 26.3 Å². The Labute approximate surface area is 197 Å². The van der Waals surface area contributed by atoms with Crippen molar-refractivity contribution in [3.63, 3.8) is 0 Å². The summed E-state index contributed by atoms with van der Waals surface area (Å²) < 4.78 is 6.33. The molecule has 33 heavy (non-hydrogen) atoms. The number of thiophene rings is 1. The topological polar surface area (TPSA) is 90.0 Å². The van der Waals surface area contributed by atoms with E-state index in [4.69, 9.17) is 9.51 Å². The molecule has 7 nitrogen and oxygen atoms in total. The lowest BCUT2D eigenvalue weighted by molar-refractivity contribution is -0.113. The molecule has 0 fully saturated rings. The van der Waals surface area contributed by atoms with Crippen molar-refractivity contribution in [1.82, 2.24) is 14.7 Å². The second-order valence-corrected chi connectivity index (χ2v) is 9.21. The molecule has 164 valence electrons. The minimum atomic E-state index is -0.268. The van der Waals surface area contributed by atoms with Gasteiger partial charge in [0.05, 0.1) is 16.8 Å². The van der Waals surface area contributed by atoms with Gasteiger partial charge in [0.25, 0.3) is 5.56 Å². The number of amides is 1. The standard InChI is InChI=1S/C24H18N4O3S2/c1-15-7-5-6-10-18(15)28-23(30)17-13-19(16-8-3-2-4-9-16)33-22(17)26-24(28)32-14-21(29)25-20-11-12-31-27-20/h2-13H,14H2,1H3,(H,25,27,29). The second-order valence-electron chi connectivity index (χ2n) is 7.24. The summed E-state index contributed by atoms with van der Waals surface area (Å²) in [6.45, 7) is 1.95. The molecule has 0 aliphatic carbocycles. The van der Waals surface area contributed by atoms with Crippen LogP contribution in [0.15, 0.2) is 87.5 Å². The van der Waals surface area contributed by atoms with Crippen LogP contribution in [0.2, 0.25) is 0 Å². The molecule has 0 saturated carbocycles. The lowest BCUT2D eigenvalue weighted by atomic mass is 10.2. The molecular weight excluding hydrogens is 456 g/mol. The van der Waals surface area contributed by atoms with Crippen molar-refractivity contribution in [2.24, 2.45) is 0 Å². The van der Waals surface area contributed by atoms with Gasteiger partial charge < -0.3 is 9.84 Å². The maximum absolute atomic E-state index is 13.6. The summed E-state index contributed by atoms with van der Waals surface area (Å²) >= 11 is 2.67. The minimum absolute atomic E-state index is 0.0631. The number of fused-ring (bicyclic) bond motifs is 1. The Morgan fingerprint density at radius 1 is 1.12 bits per heavy atom. The van der Waals surface area contributed by atoms with Crippen LogP contribution < -0.4 is 10.9 Å². The molecule has 0 radical (unpaired) electrons. The molecule has 3 aromatic heterocycles. The van der Waals surface area contributed by atoms with E-state index in [9.17, 15) is 9.59 Å². The lowest BCUT2D eigenvalue weighted by Crippen LogP contribution is -2.23. The predicted octanol–water partition coefficient (Wildman–Crippen LogP) is 5.14. The van der Waals surface area contributed by atoms with Crippen LogP contribution in [0.4, 0.5) is 5.82 Å². The number of aromatic nitrogens is 3. The molecule has 9 heteroatoms. The van der Waals surface area contributed by atoms with E-state index in [-0.39, 0.29) is 17.2 Å². The van der Waals surface area contributed by atoms with Gasteiger partial charge in [-0.05, 0) is 30.2 Å². The number of aryl methyl sites for hydroxylation is 1. The number of nitrogens with one attached hydrogen (secondary N) is 1. The average molecular weight is 475 g/mol. The molecule has 5 rings (SSSR count). The van der Waals surface area contributed by atoms with Gasteiger partial charge in [0.15, 0.2) is 11.0 Å². The van der Waals surface area contributed by atoms with Crippen molar-refractivity contribution in [2.45, 2.75) is 12.1 Å². The van der Waals surface area contributed by atoms with Crippen molar-refractivity contribution in [3.05, 3.63) is 88.9 Å². The zero-order chi connectivity index (χ0) is 22.8. The molecule has 1 amide bonds. The maximum Gasteiger partial charge on any atom is 0.267 e. The highest BCUT2D eigenvalue weighted by Gasteiger charge is 2.18. The first-order valence-electron chi connectivity index (χ1n) is 10.1. The predicted molar refractivity (Wildman–Crippen MR) is 131 cm³/mol. The lowest BCUT2D eigenvalue weighted by Gasteiger charge is -2.13. The molecule has 1 N–H and O–H groups in total. The van der Waals surface area contributed by atoms with E-state index in [0.29, 0.717) is 21.2 Å². The minimum Gasteiger partial charge on any atom is -0.363 e. The molecule has 3 heterocycles. The highest BCUT2D eigenvalue weighted by atomic mass is 32.2. The van der Waals surface area contributed by atoms with Crippen molar-refractivity contribution >= 4 is 45.0 Å². The van der Waals surface area contributed by atoms with Gasteiger partial charge in [0.1, 0.15) is 11.1 Å². The molecule has 0 spiro atoms.